The number of likely N-dealkylation sites (N-methyl/N-ethyl adjacent to an activating group) is 1. The Morgan fingerprint density at radius 2 is 1.77 bits per heavy atom. The third kappa shape index (κ3) is 16.6. The summed E-state index contributed by atoms with van der Waals surface area (Å²) in [4.78, 5) is 35.0. The van der Waals surface area contributed by atoms with Crippen LogP contribution in [0.25, 0.3) is 0 Å². The molecule has 0 saturated heterocycles. The maximum absolute atomic E-state index is 13.6. The first-order valence-corrected chi connectivity index (χ1v) is 14.0. The Labute approximate surface area is 239 Å². The summed E-state index contributed by atoms with van der Waals surface area (Å²) in [6.45, 7) is 11.2. The van der Waals surface area contributed by atoms with Gasteiger partial charge in [-0.25, -0.2) is 4.39 Å². The molecule has 2 amide bonds. The molecular formula is C31H49FN4O4. The molecule has 40 heavy (non-hydrogen) atoms. The highest BCUT2D eigenvalue weighted by molar-refractivity contribution is 5.83. The molecule has 0 aliphatic heterocycles. The number of carbonyl (C=O) groups excluding carboxylic acids is 3. The zero-order valence-electron chi connectivity index (χ0n) is 24.9. The Bertz CT molecular complexity index is 1000. The lowest BCUT2D eigenvalue weighted by molar-refractivity contribution is -0.136. The van der Waals surface area contributed by atoms with Crippen LogP contribution >= 0.6 is 0 Å². The van der Waals surface area contributed by atoms with E-state index in [9.17, 15) is 18.8 Å². The summed E-state index contributed by atoms with van der Waals surface area (Å²) in [6, 6.07) is 12.7. The standard InChI is InChI=1S/C17H23FN2O4.C12H19N.C2H7N/c1-12-6-7-15(14(18)9-12)24-8-4-3-5-17(23)20(2)13(11-21)10-16(19)22;1-3-8-13-10-12-7-5-6-11(4-2)9-12;1-2-3/h6-7,9,11,13H,3-5,8,10H2,1-2H3,(H2,19,22);5-7,9,13H,3-4,8,10H2,1-2H3;2-3H2,1H3. The van der Waals surface area contributed by atoms with Crippen molar-refractivity contribution in [2.75, 3.05) is 26.7 Å². The fourth-order valence-corrected chi connectivity index (χ4v) is 3.50. The lowest BCUT2D eigenvalue weighted by Crippen LogP contribution is -2.40. The summed E-state index contributed by atoms with van der Waals surface area (Å²) in [5, 5.41) is 3.40. The summed E-state index contributed by atoms with van der Waals surface area (Å²) in [5.41, 5.74) is 13.5. The number of aryl methyl sites for hydroxylation is 2. The van der Waals surface area contributed by atoms with Crippen LogP contribution in [0.1, 0.15) is 69.6 Å². The number of nitrogens with one attached hydrogen (secondary N) is 1. The van der Waals surface area contributed by atoms with E-state index in [1.807, 2.05) is 6.92 Å². The van der Waals surface area contributed by atoms with Gasteiger partial charge in [-0.1, -0.05) is 51.1 Å². The van der Waals surface area contributed by atoms with Gasteiger partial charge in [0, 0.05) is 20.0 Å². The molecule has 0 heterocycles. The van der Waals surface area contributed by atoms with Gasteiger partial charge < -0.3 is 31.2 Å². The van der Waals surface area contributed by atoms with Crippen LogP contribution < -0.4 is 21.5 Å². The third-order valence-electron chi connectivity index (χ3n) is 5.74. The van der Waals surface area contributed by atoms with E-state index in [1.54, 1.807) is 19.1 Å². The summed E-state index contributed by atoms with van der Waals surface area (Å²) in [7, 11) is 1.46. The van der Waals surface area contributed by atoms with Crippen LogP contribution in [0.2, 0.25) is 0 Å². The van der Waals surface area contributed by atoms with Crippen LogP contribution in [0, 0.1) is 12.7 Å². The average Bonchev–Trinajstić information content (AvgIpc) is 2.93. The van der Waals surface area contributed by atoms with Crippen molar-refractivity contribution in [3.8, 4) is 5.75 Å². The van der Waals surface area contributed by atoms with Crippen molar-refractivity contribution >= 4 is 18.1 Å². The Morgan fingerprint density at radius 3 is 2.35 bits per heavy atom. The molecule has 2 aromatic rings. The molecule has 5 N–H and O–H groups in total. The minimum atomic E-state index is -0.840. The molecule has 0 spiro atoms. The molecule has 0 aromatic heterocycles. The van der Waals surface area contributed by atoms with Crippen molar-refractivity contribution in [2.24, 2.45) is 11.5 Å². The number of primary amides is 1. The van der Waals surface area contributed by atoms with Crippen LogP contribution in [0.4, 0.5) is 4.39 Å². The highest BCUT2D eigenvalue weighted by Gasteiger charge is 2.20. The van der Waals surface area contributed by atoms with E-state index < -0.39 is 17.8 Å². The van der Waals surface area contributed by atoms with Crippen LogP contribution in [0.15, 0.2) is 42.5 Å². The highest BCUT2D eigenvalue weighted by atomic mass is 19.1. The minimum absolute atomic E-state index is 0.187. The SMILES string of the molecule is CCCNCc1cccc(CC)c1.CCN.Cc1ccc(OCCCCC(=O)N(C)C(C=O)CC(N)=O)c(F)c1. The number of hydrogen-bond acceptors (Lipinski definition) is 6. The number of nitrogens with two attached hydrogens (primary N) is 2. The Balaban J connectivity index is 0.000000794. The quantitative estimate of drug-likeness (QED) is 0.220. The van der Waals surface area contributed by atoms with E-state index in [-0.39, 0.29) is 31.1 Å². The molecule has 0 fully saturated rings. The number of rotatable bonds is 15. The smallest absolute Gasteiger partial charge is 0.222 e. The van der Waals surface area contributed by atoms with Crippen LogP contribution in [0.3, 0.4) is 0 Å². The third-order valence-corrected chi connectivity index (χ3v) is 5.74. The van der Waals surface area contributed by atoms with Gasteiger partial charge in [0.1, 0.15) is 6.29 Å². The van der Waals surface area contributed by atoms with Crippen LogP contribution in [-0.4, -0.2) is 55.8 Å². The number of hydrogen-bond donors (Lipinski definition) is 3. The van der Waals surface area contributed by atoms with Gasteiger partial charge in [0.05, 0.1) is 19.1 Å². The Morgan fingerprint density at radius 1 is 1.10 bits per heavy atom. The molecule has 1 atom stereocenters. The lowest BCUT2D eigenvalue weighted by atomic mass is 10.1. The minimum Gasteiger partial charge on any atom is -0.491 e. The summed E-state index contributed by atoms with van der Waals surface area (Å²) in [5.74, 6) is -1.12. The fourth-order valence-electron chi connectivity index (χ4n) is 3.50. The van der Waals surface area contributed by atoms with Gasteiger partial charge in [-0.2, -0.15) is 0 Å². The monoisotopic (exact) mass is 560 g/mol. The number of ether oxygens (including phenoxy) is 1. The molecule has 9 heteroatoms. The predicted molar refractivity (Wildman–Crippen MR) is 159 cm³/mol. The molecular weight excluding hydrogens is 511 g/mol. The molecule has 1 unspecified atom stereocenters. The van der Waals surface area contributed by atoms with Gasteiger partial charge in [0.2, 0.25) is 11.8 Å². The van der Waals surface area contributed by atoms with E-state index in [2.05, 4.69) is 43.4 Å². The highest BCUT2D eigenvalue weighted by Crippen LogP contribution is 2.18. The lowest BCUT2D eigenvalue weighted by Gasteiger charge is -2.22. The summed E-state index contributed by atoms with van der Waals surface area (Å²) >= 11 is 0. The van der Waals surface area contributed by atoms with Gasteiger partial charge in [0.15, 0.2) is 11.6 Å². The van der Waals surface area contributed by atoms with Crippen LogP contribution in [0.5, 0.6) is 5.75 Å². The number of carbonyl (C=O) groups is 3. The molecule has 0 radical (unpaired) electrons. The topological polar surface area (TPSA) is 128 Å². The second-order valence-electron chi connectivity index (χ2n) is 9.38. The number of amides is 2. The predicted octanol–water partition coefficient (Wildman–Crippen LogP) is 4.30. The molecule has 0 bridgehead atoms. The number of benzene rings is 2. The van der Waals surface area contributed by atoms with E-state index in [0.717, 1.165) is 31.6 Å². The van der Waals surface area contributed by atoms with E-state index in [0.29, 0.717) is 19.1 Å². The first kappa shape index (κ1) is 36.7. The van der Waals surface area contributed by atoms with Crippen molar-refractivity contribution in [3.63, 3.8) is 0 Å². The first-order valence-electron chi connectivity index (χ1n) is 14.0. The second kappa shape index (κ2) is 22.5. The zero-order valence-corrected chi connectivity index (χ0v) is 24.9. The molecule has 224 valence electrons. The maximum atomic E-state index is 13.6. The zero-order chi connectivity index (χ0) is 30.3. The van der Waals surface area contributed by atoms with Crippen molar-refractivity contribution in [2.45, 2.75) is 78.8 Å². The molecule has 2 aromatic carbocycles. The van der Waals surface area contributed by atoms with Crippen LogP contribution in [-0.2, 0) is 27.3 Å². The van der Waals surface area contributed by atoms with E-state index in [1.165, 1.54) is 35.6 Å². The van der Waals surface area contributed by atoms with Crippen molar-refractivity contribution in [1.82, 2.24) is 10.2 Å². The van der Waals surface area contributed by atoms with Crippen molar-refractivity contribution in [1.29, 1.82) is 0 Å². The van der Waals surface area contributed by atoms with E-state index >= 15 is 0 Å². The second-order valence-corrected chi connectivity index (χ2v) is 9.38. The molecule has 8 nitrogen and oxygen atoms in total. The van der Waals surface area contributed by atoms with Gasteiger partial charge >= 0.3 is 0 Å². The number of unbranched alkanes of at least 4 members (excludes halogenated alkanes) is 1. The van der Waals surface area contributed by atoms with Gasteiger partial charge in [-0.3, -0.25) is 9.59 Å². The van der Waals surface area contributed by atoms with E-state index in [4.69, 9.17) is 16.2 Å². The summed E-state index contributed by atoms with van der Waals surface area (Å²) < 4.78 is 18.9. The normalized spacial score (nSPS) is 10.8. The summed E-state index contributed by atoms with van der Waals surface area (Å²) in [6.07, 6.45) is 3.97. The molecule has 0 aliphatic rings. The maximum Gasteiger partial charge on any atom is 0.222 e. The number of halogens is 1. The average molecular weight is 561 g/mol. The first-order chi connectivity index (χ1) is 19.1. The Hall–Kier alpha value is -3.30. The largest absolute Gasteiger partial charge is 0.491 e. The molecule has 2 rings (SSSR count). The number of nitrogens with zero attached hydrogens (tertiary/aromatic N) is 1. The number of aldehydes is 1. The van der Waals surface area contributed by atoms with Gasteiger partial charge in [-0.15, -0.1) is 0 Å². The fraction of sp³-hybridized carbons (Fsp3) is 0.516. The molecule has 0 saturated carbocycles. The Kier molecular flexibility index (Phi) is 20.7. The molecule has 0 aliphatic carbocycles. The van der Waals surface area contributed by atoms with Gasteiger partial charge in [0.25, 0.3) is 0 Å². The van der Waals surface area contributed by atoms with Crippen molar-refractivity contribution < 1.29 is 23.5 Å². The van der Waals surface area contributed by atoms with Crippen molar-refractivity contribution in [3.05, 3.63) is 65.0 Å². The van der Waals surface area contributed by atoms with Gasteiger partial charge in [-0.05, 0) is 74.5 Å².